The van der Waals surface area contributed by atoms with Crippen LogP contribution in [-0.2, 0) is 4.79 Å². The van der Waals surface area contributed by atoms with Crippen molar-refractivity contribution in [3.05, 3.63) is 35.1 Å². The van der Waals surface area contributed by atoms with Crippen LogP contribution in [0.1, 0.15) is 12.5 Å². The monoisotopic (exact) mass is 291 g/mol. The summed E-state index contributed by atoms with van der Waals surface area (Å²) in [5.41, 5.74) is 2.11. The first kappa shape index (κ1) is 13.8. The van der Waals surface area contributed by atoms with E-state index in [-0.39, 0.29) is 0 Å². The number of aromatic nitrogens is 2. The quantitative estimate of drug-likeness (QED) is 0.697. The van der Waals surface area contributed by atoms with Crippen LogP contribution in [0.2, 0.25) is 0 Å². The summed E-state index contributed by atoms with van der Waals surface area (Å²) in [6.45, 7) is 1.96. The molecular weight excluding hydrogens is 278 g/mol. The van der Waals surface area contributed by atoms with Crippen LogP contribution in [0.25, 0.3) is 17.0 Å². The molecule has 0 fully saturated rings. The topological polar surface area (TPSA) is 49.0 Å². The highest BCUT2D eigenvalue weighted by Crippen LogP contribution is 2.25. The Labute approximate surface area is 120 Å². The number of H-pyrrole nitrogens is 1. The van der Waals surface area contributed by atoms with Gasteiger partial charge in [-0.2, -0.15) is 0 Å². The van der Waals surface area contributed by atoms with Gasteiger partial charge in [0.1, 0.15) is 4.32 Å². The maximum Gasteiger partial charge on any atom is 0.214 e. The molecule has 0 atom stereocenters. The molecule has 0 spiro atoms. The van der Waals surface area contributed by atoms with E-state index in [1.165, 1.54) is 16.7 Å². The number of carbonyl (C=O) groups excluding carboxylic acids is 1. The molecule has 98 valence electrons. The van der Waals surface area contributed by atoms with E-state index in [4.69, 9.17) is 12.2 Å². The van der Waals surface area contributed by atoms with Gasteiger partial charge >= 0.3 is 0 Å². The van der Waals surface area contributed by atoms with Crippen molar-refractivity contribution in [2.45, 2.75) is 6.92 Å². The first-order valence-corrected chi connectivity index (χ1v) is 6.83. The molecule has 0 saturated heterocycles. The van der Waals surface area contributed by atoms with Crippen molar-refractivity contribution >= 4 is 51.7 Å². The molecule has 1 amide bonds. The number of fused-ring (bicyclic) bond motifs is 1. The molecule has 2 aromatic heterocycles. The van der Waals surface area contributed by atoms with Gasteiger partial charge in [0.25, 0.3) is 0 Å². The van der Waals surface area contributed by atoms with Gasteiger partial charge in [-0.1, -0.05) is 24.0 Å². The summed E-state index contributed by atoms with van der Waals surface area (Å²) in [7, 11) is 1.64. The van der Waals surface area contributed by atoms with Gasteiger partial charge < -0.3 is 9.88 Å². The summed E-state index contributed by atoms with van der Waals surface area (Å²) in [6.07, 6.45) is 8.24. The van der Waals surface area contributed by atoms with E-state index in [1.54, 1.807) is 13.2 Å². The van der Waals surface area contributed by atoms with Crippen LogP contribution < -0.4 is 0 Å². The predicted molar refractivity (Wildman–Crippen MR) is 83.8 cm³/mol. The first-order chi connectivity index (χ1) is 9.11. The van der Waals surface area contributed by atoms with Crippen molar-refractivity contribution < 1.29 is 4.79 Å². The number of thioether (sulfide) groups is 1. The van der Waals surface area contributed by atoms with Gasteiger partial charge in [-0.05, 0) is 24.0 Å². The zero-order valence-electron chi connectivity index (χ0n) is 10.6. The molecule has 19 heavy (non-hydrogen) atoms. The van der Waals surface area contributed by atoms with E-state index in [0.717, 1.165) is 21.4 Å². The standard InChI is InChI=1S/C13H13N3OS2/c1-9(19-13(18)16(2)8-17)5-10-6-15-12-3-4-14-7-11(10)12/h3-8,15H,1-2H3/b9-5-. The highest BCUT2D eigenvalue weighted by Gasteiger charge is 2.06. The van der Waals surface area contributed by atoms with Crippen LogP contribution in [0.3, 0.4) is 0 Å². The zero-order chi connectivity index (χ0) is 13.8. The lowest BCUT2D eigenvalue weighted by Crippen LogP contribution is -2.19. The third kappa shape index (κ3) is 3.21. The summed E-state index contributed by atoms with van der Waals surface area (Å²) in [5.74, 6) is 0. The number of hydrogen-bond donors (Lipinski definition) is 1. The Kier molecular flexibility index (Phi) is 4.34. The number of carbonyl (C=O) groups is 1. The molecule has 2 aromatic rings. The maximum atomic E-state index is 10.6. The number of nitrogens with zero attached hydrogens (tertiary/aromatic N) is 2. The van der Waals surface area contributed by atoms with Crippen LogP contribution >= 0.6 is 24.0 Å². The van der Waals surface area contributed by atoms with Crippen molar-refractivity contribution in [2.24, 2.45) is 0 Å². The summed E-state index contributed by atoms with van der Waals surface area (Å²) in [5, 5.41) is 1.07. The molecule has 0 radical (unpaired) electrons. The normalized spacial score (nSPS) is 11.6. The summed E-state index contributed by atoms with van der Waals surface area (Å²) in [6, 6.07) is 1.93. The number of amides is 1. The molecule has 2 rings (SSSR count). The minimum absolute atomic E-state index is 0.529. The summed E-state index contributed by atoms with van der Waals surface area (Å²) < 4.78 is 0.529. The van der Waals surface area contributed by atoms with Crippen molar-refractivity contribution in [1.29, 1.82) is 0 Å². The smallest absolute Gasteiger partial charge is 0.214 e. The number of thiocarbonyl (C=S) groups is 1. The van der Waals surface area contributed by atoms with Gasteiger partial charge in [-0.3, -0.25) is 9.78 Å². The third-order valence-corrected chi connectivity index (χ3v) is 4.01. The fourth-order valence-electron chi connectivity index (χ4n) is 1.60. The van der Waals surface area contributed by atoms with Crippen LogP contribution in [0.15, 0.2) is 29.6 Å². The third-order valence-electron chi connectivity index (χ3n) is 2.57. The van der Waals surface area contributed by atoms with E-state index in [2.05, 4.69) is 9.97 Å². The van der Waals surface area contributed by atoms with Crippen LogP contribution in [0.5, 0.6) is 0 Å². The van der Waals surface area contributed by atoms with E-state index in [1.807, 2.05) is 31.5 Å². The van der Waals surface area contributed by atoms with Gasteiger partial charge in [0.15, 0.2) is 0 Å². The molecule has 0 aliphatic heterocycles. The summed E-state index contributed by atoms with van der Waals surface area (Å²) in [4.78, 5) is 20.3. The predicted octanol–water partition coefficient (Wildman–Crippen LogP) is 3.03. The lowest BCUT2D eigenvalue weighted by Gasteiger charge is -2.10. The van der Waals surface area contributed by atoms with E-state index in [0.29, 0.717) is 10.7 Å². The molecule has 6 heteroatoms. The lowest BCUT2D eigenvalue weighted by atomic mass is 10.2. The molecule has 0 aliphatic carbocycles. The van der Waals surface area contributed by atoms with Gasteiger partial charge in [-0.25, -0.2) is 0 Å². The second-order valence-corrected chi connectivity index (χ2v) is 5.88. The van der Waals surface area contributed by atoms with Crippen LogP contribution in [0, 0.1) is 0 Å². The Morgan fingerprint density at radius 3 is 3.11 bits per heavy atom. The van der Waals surface area contributed by atoms with Crippen LogP contribution in [0.4, 0.5) is 0 Å². The molecule has 1 N–H and O–H groups in total. The number of hydrogen-bond acceptors (Lipinski definition) is 4. The van der Waals surface area contributed by atoms with Gasteiger partial charge in [0, 0.05) is 42.1 Å². The average molecular weight is 291 g/mol. The SMILES string of the molecule is C/C(=C/c1c[nH]c2ccncc12)SC(=S)N(C)C=O. The largest absolute Gasteiger partial charge is 0.360 e. The number of allylic oxidation sites excluding steroid dienone is 1. The van der Waals surface area contributed by atoms with E-state index < -0.39 is 0 Å². The Morgan fingerprint density at radius 2 is 2.37 bits per heavy atom. The second-order valence-electron chi connectivity index (χ2n) is 4.00. The number of aromatic amines is 1. The van der Waals surface area contributed by atoms with Gasteiger partial charge in [0.2, 0.25) is 6.41 Å². The Bertz CT molecular complexity index is 648. The molecule has 0 saturated carbocycles. The number of pyridine rings is 1. The Hall–Kier alpha value is -1.66. The minimum atomic E-state index is 0.529. The van der Waals surface area contributed by atoms with Crippen molar-refractivity contribution in [3.8, 4) is 0 Å². The zero-order valence-corrected chi connectivity index (χ0v) is 12.2. The molecule has 4 nitrogen and oxygen atoms in total. The first-order valence-electron chi connectivity index (χ1n) is 5.61. The van der Waals surface area contributed by atoms with Crippen molar-refractivity contribution in [2.75, 3.05) is 7.05 Å². The molecule has 0 bridgehead atoms. The van der Waals surface area contributed by atoms with Crippen LogP contribution in [-0.4, -0.2) is 32.6 Å². The maximum absolute atomic E-state index is 10.6. The van der Waals surface area contributed by atoms with Gasteiger partial charge in [-0.15, -0.1) is 0 Å². The number of rotatable bonds is 3. The molecule has 0 aliphatic rings. The highest BCUT2D eigenvalue weighted by molar-refractivity contribution is 8.25. The molecular formula is C13H13N3OS2. The molecule has 2 heterocycles. The second kappa shape index (κ2) is 5.99. The molecule has 0 unspecified atom stereocenters. The number of nitrogens with one attached hydrogen (secondary N) is 1. The molecule has 0 aromatic carbocycles. The van der Waals surface area contributed by atoms with Crippen molar-refractivity contribution in [3.63, 3.8) is 0 Å². The van der Waals surface area contributed by atoms with Gasteiger partial charge in [0.05, 0.1) is 0 Å². The Morgan fingerprint density at radius 1 is 1.58 bits per heavy atom. The highest BCUT2D eigenvalue weighted by atomic mass is 32.2. The lowest BCUT2D eigenvalue weighted by molar-refractivity contribution is -0.113. The Balaban J connectivity index is 2.21. The average Bonchev–Trinajstić information content (AvgIpc) is 2.81. The van der Waals surface area contributed by atoms with E-state index >= 15 is 0 Å². The fraction of sp³-hybridized carbons (Fsp3) is 0.154. The fourth-order valence-corrected chi connectivity index (χ4v) is 2.69. The minimum Gasteiger partial charge on any atom is -0.360 e. The summed E-state index contributed by atoms with van der Waals surface area (Å²) >= 11 is 6.53. The van der Waals surface area contributed by atoms with E-state index in [9.17, 15) is 4.79 Å². The van der Waals surface area contributed by atoms with Crippen molar-refractivity contribution in [1.82, 2.24) is 14.9 Å².